The largest absolute Gasteiger partial charge is 0.481 e. The standard InChI is InChI=1S/C26H42N2O6/c1-7-10-17(6)27(13-8-2)23(31)21-26-12-11-25(9-3,34-26)20(24(32)33)19(26)22(30)28(21)18(15-29)14-16(4)5/h8,16-21,29H,2,7,9-15H2,1,3-6H3,(H,32,33)/t17?,18-,19+,20-,21?,25+,26?/m1/s1. The van der Waals surface area contributed by atoms with Crippen LogP contribution in [0.2, 0.25) is 0 Å². The number of aliphatic carboxylic acids is 1. The molecule has 3 fully saturated rings. The molecule has 2 bridgehead atoms. The van der Waals surface area contributed by atoms with E-state index in [9.17, 15) is 24.6 Å². The SMILES string of the molecule is C=CCN(C(=O)C1N([C@@H](CO)CC(C)C)C(=O)[C@@H]2[C@H](C(=O)O)[C@]3(CC)CCC12O3)C(C)CCC. The number of carboxylic acid groups (broad SMARTS) is 1. The number of carbonyl (C=O) groups is 3. The lowest BCUT2D eigenvalue weighted by molar-refractivity contribution is -0.161. The third-order valence-electron chi connectivity index (χ3n) is 8.31. The van der Waals surface area contributed by atoms with Crippen LogP contribution in [-0.2, 0) is 19.1 Å². The van der Waals surface area contributed by atoms with E-state index in [-0.39, 0.29) is 30.4 Å². The fourth-order valence-electron chi connectivity index (χ4n) is 6.88. The molecule has 3 saturated heterocycles. The highest BCUT2D eigenvalue weighted by Crippen LogP contribution is 2.64. The zero-order chi connectivity index (χ0) is 25.4. The molecule has 8 nitrogen and oxygen atoms in total. The minimum Gasteiger partial charge on any atom is -0.481 e. The highest BCUT2D eigenvalue weighted by molar-refractivity contribution is 5.98. The van der Waals surface area contributed by atoms with Gasteiger partial charge in [0.2, 0.25) is 11.8 Å². The average Bonchev–Trinajstić information content (AvgIpc) is 3.39. The molecular formula is C26H42N2O6. The first-order valence-electron chi connectivity index (χ1n) is 12.8. The van der Waals surface area contributed by atoms with E-state index in [1.54, 1.807) is 11.0 Å². The van der Waals surface area contributed by atoms with Crippen LogP contribution in [0.25, 0.3) is 0 Å². The summed E-state index contributed by atoms with van der Waals surface area (Å²) in [6, 6.07) is -1.62. The molecule has 0 aromatic rings. The van der Waals surface area contributed by atoms with E-state index in [2.05, 4.69) is 13.5 Å². The molecule has 0 aromatic heterocycles. The Labute approximate surface area is 203 Å². The van der Waals surface area contributed by atoms with Gasteiger partial charge < -0.3 is 24.7 Å². The van der Waals surface area contributed by atoms with Gasteiger partial charge >= 0.3 is 5.97 Å². The topological polar surface area (TPSA) is 107 Å². The first-order valence-corrected chi connectivity index (χ1v) is 12.8. The molecule has 34 heavy (non-hydrogen) atoms. The molecule has 7 atom stereocenters. The number of fused-ring (bicyclic) bond motifs is 1. The van der Waals surface area contributed by atoms with Gasteiger partial charge in [0.1, 0.15) is 17.6 Å². The van der Waals surface area contributed by atoms with Crippen LogP contribution in [-0.4, -0.2) is 80.3 Å². The molecular weight excluding hydrogens is 436 g/mol. The molecule has 8 heteroatoms. The van der Waals surface area contributed by atoms with E-state index in [1.165, 1.54) is 4.90 Å². The van der Waals surface area contributed by atoms with Crippen molar-refractivity contribution in [1.29, 1.82) is 0 Å². The number of hydrogen-bond donors (Lipinski definition) is 2. The van der Waals surface area contributed by atoms with Gasteiger partial charge in [0, 0.05) is 12.6 Å². The Bertz CT molecular complexity index is 815. The summed E-state index contributed by atoms with van der Waals surface area (Å²) in [5.74, 6) is -3.42. The van der Waals surface area contributed by atoms with Crippen molar-refractivity contribution in [3.63, 3.8) is 0 Å². The van der Waals surface area contributed by atoms with Crippen LogP contribution < -0.4 is 0 Å². The predicted octanol–water partition coefficient (Wildman–Crippen LogP) is 2.84. The summed E-state index contributed by atoms with van der Waals surface area (Å²) in [6.07, 6.45) is 5.31. The number of carbonyl (C=O) groups excluding carboxylic acids is 2. The molecule has 0 radical (unpaired) electrons. The Morgan fingerprint density at radius 1 is 1.29 bits per heavy atom. The number of nitrogens with zero attached hydrogens (tertiary/aromatic N) is 2. The molecule has 0 aromatic carbocycles. The molecule has 2 amide bonds. The lowest BCUT2D eigenvalue weighted by atomic mass is 9.65. The maximum atomic E-state index is 14.3. The Morgan fingerprint density at radius 3 is 2.47 bits per heavy atom. The van der Waals surface area contributed by atoms with Gasteiger partial charge in [0.25, 0.3) is 0 Å². The molecule has 3 rings (SSSR count). The number of carboxylic acids is 1. The Kier molecular flexibility index (Phi) is 7.82. The van der Waals surface area contributed by atoms with Crippen molar-refractivity contribution in [2.45, 2.75) is 102 Å². The lowest BCUT2D eigenvalue weighted by Gasteiger charge is -2.41. The Hall–Kier alpha value is -1.93. The maximum Gasteiger partial charge on any atom is 0.310 e. The first kappa shape index (κ1) is 26.7. The second-order valence-corrected chi connectivity index (χ2v) is 10.8. The summed E-state index contributed by atoms with van der Waals surface area (Å²) in [5.41, 5.74) is -2.13. The van der Waals surface area contributed by atoms with Crippen LogP contribution in [0.3, 0.4) is 0 Å². The van der Waals surface area contributed by atoms with Crippen LogP contribution in [0, 0.1) is 17.8 Å². The number of aliphatic hydroxyl groups is 1. The monoisotopic (exact) mass is 478 g/mol. The highest BCUT2D eigenvalue weighted by atomic mass is 16.5. The van der Waals surface area contributed by atoms with Gasteiger partial charge in [-0.2, -0.15) is 0 Å². The molecule has 2 N–H and O–H groups in total. The number of amides is 2. The normalized spacial score (nSPS) is 33.8. The van der Waals surface area contributed by atoms with Gasteiger partial charge in [-0.1, -0.05) is 40.2 Å². The second-order valence-electron chi connectivity index (χ2n) is 10.8. The fraction of sp³-hybridized carbons (Fsp3) is 0.808. The molecule has 3 unspecified atom stereocenters. The third-order valence-corrected chi connectivity index (χ3v) is 8.31. The molecule has 0 aliphatic carbocycles. The van der Waals surface area contributed by atoms with Gasteiger partial charge in [-0.15, -0.1) is 6.58 Å². The zero-order valence-corrected chi connectivity index (χ0v) is 21.3. The average molecular weight is 479 g/mol. The summed E-state index contributed by atoms with van der Waals surface area (Å²) < 4.78 is 6.60. The maximum absolute atomic E-state index is 14.3. The molecule has 3 aliphatic heterocycles. The summed E-state index contributed by atoms with van der Waals surface area (Å²) in [7, 11) is 0. The van der Waals surface area contributed by atoms with E-state index in [0.717, 1.165) is 12.8 Å². The molecule has 192 valence electrons. The Morgan fingerprint density at radius 2 is 1.97 bits per heavy atom. The summed E-state index contributed by atoms with van der Waals surface area (Å²) >= 11 is 0. The van der Waals surface area contributed by atoms with Crippen molar-refractivity contribution in [1.82, 2.24) is 9.80 Å². The minimum atomic E-state index is -1.19. The third kappa shape index (κ3) is 3.96. The second kappa shape index (κ2) is 9.97. The van der Waals surface area contributed by atoms with Crippen LogP contribution in [0.5, 0.6) is 0 Å². The number of hydrogen-bond acceptors (Lipinski definition) is 5. The van der Waals surface area contributed by atoms with Crippen molar-refractivity contribution in [3.05, 3.63) is 12.7 Å². The molecule has 1 spiro atoms. The van der Waals surface area contributed by atoms with Crippen molar-refractivity contribution in [2.24, 2.45) is 17.8 Å². The molecule has 0 saturated carbocycles. The van der Waals surface area contributed by atoms with Crippen LogP contribution in [0.15, 0.2) is 12.7 Å². The predicted molar refractivity (Wildman–Crippen MR) is 128 cm³/mol. The molecule has 3 heterocycles. The summed E-state index contributed by atoms with van der Waals surface area (Å²) in [6.45, 7) is 13.8. The smallest absolute Gasteiger partial charge is 0.310 e. The number of aliphatic hydroxyl groups excluding tert-OH is 1. The number of ether oxygens (including phenoxy) is 1. The fourth-order valence-corrected chi connectivity index (χ4v) is 6.88. The van der Waals surface area contributed by atoms with Crippen molar-refractivity contribution < 1.29 is 29.3 Å². The van der Waals surface area contributed by atoms with Crippen molar-refractivity contribution in [2.75, 3.05) is 13.2 Å². The lowest BCUT2D eigenvalue weighted by Crippen LogP contribution is -2.60. The van der Waals surface area contributed by atoms with Gasteiger partial charge in [-0.05, 0) is 44.9 Å². The first-order chi connectivity index (χ1) is 16.0. The van der Waals surface area contributed by atoms with E-state index in [0.29, 0.717) is 32.2 Å². The Balaban J connectivity index is 2.16. The van der Waals surface area contributed by atoms with E-state index >= 15 is 0 Å². The molecule has 3 aliphatic rings. The highest BCUT2D eigenvalue weighted by Gasteiger charge is 2.79. The van der Waals surface area contributed by atoms with Gasteiger partial charge in [-0.3, -0.25) is 14.4 Å². The minimum absolute atomic E-state index is 0.0745. The number of rotatable bonds is 12. The van der Waals surface area contributed by atoms with Gasteiger partial charge in [-0.25, -0.2) is 0 Å². The summed E-state index contributed by atoms with van der Waals surface area (Å²) in [5, 5.41) is 20.5. The van der Waals surface area contributed by atoms with E-state index < -0.39 is 41.1 Å². The van der Waals surface area contributed by atoms with E-state index in [4.69, 9.17) is 4.74 Å². The van der Waals surface area contributed by atoms with Crippen LogP contribution >= 0.6 is 0 Å². The van der Waals surface area contributed by atoms with E-state index in [1.807, 2.05) is 27.7 Å². The summed E-state index contributed by atoms with van der Waals surface area (Å²) in [4.78, 5) is 44.0. The van der Waals surface area contributed by atoms with Crippen LogP contribution in [0.4, 0.5) is 0 Å². The zero-order valence-electron chi connectivity index (χ0n) is 21.3. The van der Waals surface area contributed by atoms with Gasteiger partial charge in [0.15, 0.2) is 0 Å². The van der Waals surface area contributed by atoms with Gasteiger partial charge in [0.05, 0.1) is 24.2 Å². The number of likely N-dealkylation sites (tertiary alicyclic amines) is 1. The van der Waals surface area contributed by atoms with Crippen molar-refractivity contribution in [3.8, 4) is 0 Å². The van der Waals surface area contributed by atoms with Crippen LogP contribution in [0.1, 0.15) is 73.1 Å². The van der Waals surface area contributed by atoms with Crippen molar-refractivity contribution >= 4 is 17.8 Å². The quantitative estimate of drug-likeness (QED) is 0.418.